The van der Waals surface area contributed by atoms with E-state index in [4.69, 9.17) is 11.6 Å². The number of aromatic nitrogens is 2. The summed E-state index contributed by atoms with van der Waals surface area (Å²) in [6.07, 6.45) is -2.82. The Morgan fingerprint density at radius 3 is 2.37 bits per heavy atom. The van der Waals surface area contributed by atoms with E-state index < -0.39 is 29.1 Å². The molecule has 0 radical (unpaired) electrons. The first-order valence-corrected chi connectivity index (χ1v) is 11.9. The number of halogens is 5. The fourth-order valence-corrected chi connectivity index (χ4v) is 4.31. The van der Waals surface area contributed by atoms with Gasteiger partial charge in [-0.15, -0.1) is 12.4 Å². The SMILES string of the molecule is Cc1c(Cl)cccc1NC(=O)c1cc(NC(=O)c2ccccc2C(F)(F)F)cc2[nH]c(C3(C)CC3)nc12.Cl. The van der Waals surface area contributed by atoms with E-state index in [1.54, 1.807) is 31.2 Å². The predicted octanol–water partition coefficient (Wildman–Crippen LogP) is 7.52. The number of hydrogen-bond donors (Lipinski definition) is 3. The molecule has 198 valence electrons. The van der Waals surface area contributed by atoms with Crippen LogP contribution in [0, 0.1) is 6.92 Å². The minimum atomic E-state index is -4.70. The summed E-state index contributed by atoms with van der Waals surface area (Å²) in [6, 6.07) is 12.6. The summed E-state index contributed by atoms with van der Waals surface area (Å²) in [5.41, 5.74) is 0.665. The first kappa shape index (κ1) is 27.5. The van der Waals surface area contributed by atoms with Gasteiger partial charge in [0.1, 0.15) is 11.3 Å². The summed E-state index contributed by atoms with van der Waals surface area (Å²) in [4.78, 5) is 34.2. The Labute approximate surface area is 227 Å². The standard InChI is InChI=1S/C27H22ClF3N4O2.ClH/c1-14-19(28)8-5-9-20(14)33-24(37)17-12-15(13-21-22(17)35-25(34-21)26(2)10-11-26)32-23(36)16-6-3-4-7-18(16)27(29,30)31;/h3-9,12-13H,10-11H2,1-2H3,(H,32,36)(H,33,37)(H,34,35);1H. The van der Waals surface area contributed by atoms with Crippen molar-refractivity contribution in [3.05, 3.63) is 87.7 Å². The lowest BCUT2D eigenvalue weighted by Gasteiger charge is -2.14. The van der Waals surface area contributed by atoms with E-state index in [0.29, 0.717) is 33.1 Å². The third kappa shape index (κ3) is 5.21. The quantitative estimate of drug-likeness (QED) is 0.235. The van der Waals surface area contributed by atoms with Crippen LogP contribution in [0.4, 0.5) is 24.5 Å². The van der Waals surface area contributed by atoms with Crippen LogP contribution < -0.4 is 10.6 Å². The number of amides is 2. The molecule has 11 heteroatoms. The van der Waals surface area contributed by atoms with Crippen LogP contribution in [0.25, 0.3) is 11.0 Å². The lowest BCUT2D eigenvalue weighted by atomic mass is 10.1. The number of fused-ring (bicyclic) bond motifs is 1. The van der Waals surface area contributed by atoms with Crippen LogP contribution >= 0.6 is 24.0 Å². The molecule has 1 aromatic heterocycles. The van der Waals surface area contributed by atoms with E-state index in [-0.39, 0.29) is 29.1 Å². The number of alkyl halides is 3. The molecule has 1 heterocycles. The number of nitrogens with zero attached hydrogens (tertiary/aromatic N) is 1. The maximum atomic E-state index is 13.5. The molecule has 0 bridgehead atoms. The minimum absolute atomic E-state index is 0. The van der Waals surface area contributed by atoms with Crippen molar-refractivity contribution in [2.75, 3.05) is 10.6 Å². The molecule has 1 aliphatic rings. The fourth-order valence-electron chi connectivity index (χ4n) is 4.13. The average molecular weight is 563 g/mol. The maximum Gasteiger partial charge on any atom is 0.417 e. The van der Waals surface area contributed by atoms with Gasteiger partial charge in [-0.05, 0) is 61.7 Å². The van der Waals surface area contributed by atoms with E-state index in [2.05, 4.69) is 27.5 Å². The highest BCUT2D eigenvalue weighted by Crippen LogP contribution is 2.47. The van der Waals surface area contributed by atoms with Crippen molar-refractivity contribution in [3.63, 3.8) is 0 Å². The number of imidazole rings is 1. The van der Waals surface area contributed by atoms with Gasteiger partial charge in [-0.1, -0.05) is 36.7 Å². The van der Waals surface area contributed by atoms with Gasteiger partial charge in [0, 0.05) is 21.8 Å². The Bertz CT molecular complexity index is 1560. The first-order chi connectivity index (χ1) is 17.5. The molecule has 0 aliphatic heterocycles. The molecule has 0 saturated heterocycles. The van der Waals surface area contributed by atoms with Crippen LogP contribution in [0.3, 0.4) is 0 Å². The molecule has 3 N–H and O–H groups in total. The van der Waals surface area contributed by atoms with Gasteiger partial charge in [-0.2, -0.15) is 13.2 Å². The molecular formula is C27H23Cl2F3N4O2. The van der Waals surface area contributed by atoms with Gasteiger partial charge in [-0.25, -0.2) is 4.98 Å². The molecular weight excluding hydrogens is 540 g/mol. The van der Waals surface area contributed by atoms with E-state index in [9.17, 15) is 22.8 Å². The molecule has 38 heavy (non-hydrogen) atoms. The third-order valence-electron chi connectivity index (χ3n) is 6.65. The number of nitrogens with one attached hydrogen (secondary N) is 3. The highest BCUT2D eigenvalue weighted by Gasteiger charge is 2.42. The zero-order valence-corrected chi connectivity index (χ0v) is 21.9. The largest absolute Gasteiger partial charge is 0.417 e. The van der Waals surface area contributed by atoms with Crippen molar-refractivity contribution in [1.82, 2.24) is 9.97 Å². The van der Waals surface area contributed by atoms with Gasteiger partial charge in [0.2, 0.25) is 0 Å². The zero-order chi connectivity index (χ0) is 26.5. The third-order valence-corrected chi connectivity index (χ3v) is 7.06. The predicted molar refractivity (Wildman–Crippen MR) is 143 cm³/mol. The number of anilines is 2. The lowest BCUT2D eigenvalue weighted by Crippen LogP contribution is -2.19. The van der Waals surface area contributed by atoms with Gasteiger partial charge in [0.15, 0.2) is 0 Å². The van der Waals surface area contributed by atoms with Crippen molar-refractivity contribution in [3.8, 4) is 0 Å². The van der Waals surface area contributed by atoms with Crippen molar-refractivity contribution in [2.24, 2.45) is 0 Å². The normalized spacial score (nSPS) is 14.1. The summed E-state index contributed by atoms with van der Waals surface area (Å²) >= 11 is 6.19. The van der Waals surface area contributed by atoms with E-state index >= 15 is 0 Å². The summed E-state index contributed by atoms with van der Waals surface area (Å²) < 4.78 is 40.4. The number of aromatic amines is 1. The number of rotatable bonds is 5. The second-order valence-corrected chi connectivity index (χ2v) is 9.84. The zero-order valence-electron chi connectivity index (χ0n) is 20.3. The van der Waals surface area contributed by atoms with Crippen molar-refractivity contribution in [2.45, 2.75) is 38.3 Å². The van der Waals surface area contributed by atoms with Gasteiger partial charge >= 0.3 is 6.18 Å². The topological polar surface area (TPSA) is 86.9 Å². The Kier molecular flexibility index (Phi) is 7.20. The van der Waals surface area contributed by atoms with E-state index in [0.717, 1.165) is 25.0 Å². The number of hydrogen-bond acceptors (Lipinski definition) is 3. The van der Waals surface area contributed by atoms with Crippen LogP contribution in [0.2, 0.25) is 5.02 Å². The molecule has 0 atom stereocenters. The van der Waals surface area contributed by atoms with Crippen LogP contribution in [-0.4, -0.2) is 21.8 Å². The second-order valence-electron chi connectivity index (χ2n) is 9.43. The van der Waals surface area contributed by atoms with Crippen molar-refractivity contribution in [1.29, 1.82) is 0 Å². The summed E-state index contributed by atoms with van der Waals surface area (Å²) in [5, 5.41) is 5.83. The summed E-state index contributed by atoms with van der Waals surface area (Å²) in [6.45, 7) is 3.82. The molecule has 1 fully saturated rings. The lowest BCUT2D eigenvalue weighted by molar-refractivity contribution is -0.137. The average Bonchev–Trinajstić information content (AvgIpc) is 3.44. The molecule has 1 saturated carbocycles. The fraction of sp³-hybridized carbons (Fsp3) is 0.222. The molecule has 2 amide bonds. The summed E-state index contributed by atoms with van der Waals surface area (Å²) in [5.74, 6) is -0.735. The highest BCUT2D eigenvalue weighted by atomic mass is 35.5. The molecule has 0 unspecified atom stereocenters. The molecule has 3 aromatic carbocycles. The van der Waals surface area contributed by atoms with Gasteiger partial charge in [0.05, 0.1) is 22.2 Å². The van der Waals surface area contributed by atoms with E-state index in [1.165, 1.54) is 18.2 Å². The molecule has 4 aromatic rings. The van der Waals surface area contributed by atoms with Crippen LogP contribution in [0.1, 0.15) is 57.4 Å². The van der Waals surface area contributed by atoms with Crippen LogP contribution in [0.5, 0.6) is 0 Å². The Morgan fingerprint density at radius 2 is 1.68 bits per heavy atom. The number of H-pyrrole nitrogens is 1. The molecule has 6 nitrogen and oxygen atoms in total. The maximum absolute atomic E-state index is 13.5. The van der Waals surface area contributed by atoms with Crippen LogP contribution in [-0.2, 0) is 11.6 Å². The van der Waals surface area contributed by atoms with E-state index in [1.807, 2.05) is 0 Å². The Balaban J connectivity index is 0.00000336. The van der Waals surface area contributed by atoms with Gasteiger partial charge < -0.3 is 15.6 Å². The van der Waals surface area contributed by atoms with Gasteiger partial charge in [0.25, 0.3) is 11.8 Å². The van der Waals surface area contributed by atoms with Crippen molar-refractivity contribution < 1.29 is 22.8 Å². The number of carbonyl (C=O) groups is 2. The molecule has 0 spiro atoms. The van der Waals surface area contributed by atoms with Crippen LogP contribution in [0.15, 0.2) is 54.6 Å². The monoisotopic (exact) mass is 562 g/mol. The summed E-state index contributed by atoms with van der Waals surface area (Å²) in [7, 11) is 0. The molecule has 1 aliphatic carbocycles. The Hall–Kier alpha value is -3.56. The number of benzene rings is 3. The molecule has 5 rings (SSSR count). The number of carbonyl (C=O) groups excluding carboxylic acids is 2. The first-order valence-electron chi connectivity index (χ1n) is 11.5. The van der Waals surface area contributed by atoms with Crippen molar-refractivity contribution >= 4 is 58.2 Å². The highest BCUT2D eigenvalue weighted by molar-refractivity contribution is 6.31. The smallest absolute Gasteiger partial charge is 0.341 e. The second kappa shape index (κ2) is 9.96. The minimum Gasteiger partial charge on any atom is -0.341 e. The van der Waals surface area contributed by atoms with Gasteiger partial charge in [-0.3, -0.25) is 9.59 Å². The Morgan fingerprint density at radius 1 is 1.00 bits per heavy atom.